The Kier molecular flexibility index (Phi) is 17.0. The van der Waals surface area contributed by atoms with E-state index in [0.717, 1.165) is 0 Å². The summed E-state index contributed by atoms with van der Waals surface area (Å²) in [6, 6.07) is -5.45. The van der Waals surface area contributed by atoms with E-state index in [4.69, 9.17) is 11.5 Å². The number of H-pyrrole nitrogens is 1. The molecule has 0 aromatic carbocycles. The predicted octanol–water partition coefficient (Wildman–Crippen LogP) is -2.60. The molecule has 284 valence electrons. The van der Waals surface area contributed by atoms with Crippen LogP contribution < -0.4 is 38.1 Å². The van der Waals surface area contributed by atoms with E-state index < -0.39 is 84.1 Å². The molecule has 11 N–H and O–H groups in total. The highest BCUT2D eigenvalue weighted by molar-refractivity contribution is 5.95. The number of nitrogens with two attached hydrogens (primary N) is 2. The maximum atomic E-state index is 13.4. The van der Waals surface area contributed by atoms with Crippen LogP contribution in [0.25, 0.3) is 0 Å². The zero-order chi connectivity index (χ0) is 38.2. The van der Waals surface area contributed by atoms with Gasteiger partial charge in [0.2, 0.25) is 41.4 Å². The number of hydrogen-bond donors (Lipinski definition) is 9. The highest BCUT2D eigenvalue weighted by Crippen LogP contribution is 2.18. The number of nitrogens with one attached hydrogen (secondary N) is 6. The summed E-state index contributed by atoms with van der Waals surface area (Å²) < 4.78 is 0. The van der Waals surface area contributed by atoms with Crippen molar-refractivity contribution in [2.75, 3.05) is 19.6 Å². The summed E-state index contributed by atoms with van der Waals surface area (Å²) in [6.07, 6.45) is 3.64. The number of aromatic nitrogens is 2. The number of carbonyl (C=O) groups is 8. The number of primary amides is 1. The SMILES string of the molecule is CC(C)C[C@H](NC(=O)[C@@H]1CCCN1C(=O)CNC(=O)[C@@H](N)CC(C)C)C(=O)NCC(=O)N[C@@H](Cc1cnc[nH]1)C(=O)N[C@@H](CCC(N)=O)C(=O)O. The van der Waals surface area contributed by atoms with E-state index in [-0.39, 0.29) is 50.6 Å². The highest BCUT2D eigenvalue weighted by Gasteiger charge is 2.36. The van der Waals surface area contributed by atoms with Crippen LogP contribution in [-0.2, 0) is 44.8 Å². The van der Waals surface area contributed by atoms with Gasteiger partial charge in [-0.05, 0) is 43.9 Å². The van der Waals surface area contributed by atoms with E-state index in [2.05, 4.69) is 36.6 Å². The number of aromatic amines is 1. The first kappa shape index (κ1) is 42.1. The molecule has 19 nitrogen and oxygen atoms in total. The molecular weight excluding hydrogens is 668 g/mol. The van der Waals surface area contributed by atoms with E-state index in [1.807, 2.05) is 27.7 Å². The third-order valence-corrected chi connectivity index (χ3v) is 8.04. The van der Waals surface area contributed by atoms with Crippen molar-refractivity contribution in [1.82, 2.24) is 41.5 Å². The summed E-state index contributed by atoms with van der Waals surface area (Å²) in [7, 11) is 0. The van der Waals surface area contributed by atoms with E-state index in [9.17, 15) is 43.5 Å². The Hall–Kier alpha value is -5.07. The molecule has 0 unspecified atom stereocenters. The van der Waals surface area contributed by atoms with Gasteiger partial charge in [-0.1, -0.05) is 27.7 Å². The van der Waals surface area contributed by atoms with Gasteiger partial charge in [0.15, 0.2) is 0 Å². The van der Waals surface area contributed by atoms with Crippen LogP contribution in [0.4, 0.5) is 0 Å². The molecule has 0 aliphatic carbocycles. The van der Waals surface area contributed by atoms with Gasteiger partial charge in [-0.25, -0.2) is 9.78 Å². The Balaban J connectivity index is 2.03. The molecule has 7 amide bonds. The average Bonchev–Trinajstić information content (AvgIpc) is 3.75. The van der Waals surface area contributed by atoms with E-state index in [1.165, 1.54) is 17.4 Å². The first-order valence-electron chi connectivity index (χ1n) is 17.0. The Morgan fingerprint density at radius 1 is 0.902 bits per heavy atom. The zero-order valence-electron chi connectivity index (χ0n) is 29.5. The Bertz CT molecular complexity index is 1390. The first-order valence-corrected chi connectivity index (χ1v) is 17.0. The minimum absolute atomic E-state index is 0.0549. The number of amides is 7. The number of carboxylic acid groups (broad SMARTS) is 1. The largest absolute Gasteiger partial charge is 0.480 e. The van der Waals surface area contributed by atoms with Crippen LogP contribution in [0.15, 0.2) is 12.5 Å². The highest BCUT2D eigenvalue weighted by atomic mass is 16.4. The third kappa shape index (κ3) is 14.7. The molecule has 1 aromatic heterocycles. The van der Waals surface area contributed by atoms with Crippen molar-refractivity contribution >= 4 is 47.3 Å². The molecule has 1 aliphatic rings. The van der Waals surface area contributed by atoms with E-state index in [0.29, 0.717) is 25.0 Å². The van der Waals surface area contributed by atoms with Crippen LogP contribution in [0, 0.1) is 11.8 Å². The number of nitrogens with zero attached hydrogens (tertiary/aromatic N) is 2. The topological polar surface area (TPSA) is 301 Å². The molecule has 19 heteroatoms. The minimum Gasteiger partial charge on any atom is -0.480 e. The minimum atomic E-state index is -1.45. The van der Waals surface area contributed by atoms with Gasteiger partial charge in [-0.2, -0.15) is 0 Å². The fraction of sp³-hybridized carbons (Fsp3) is 0.656. The molecule has 0 bridgehead atoms. The van der Waals surface area contributed by atoms with E-state index in [1.54, 1.807) is 0 Å². The molecule has 1 aromatic rings. The summed E-state index contributed by atoms with van der Waals surface area (Å²) in [6.45, 7) is 6.89. The molecule has 0 radical (unpaired) electrons. The lowest BCUT2D eigenvalue weighted by atomic mass is 10.0. The quantitative estimate of drug-likeness (QED) is 0.0634. The summed E-state index contributed by atoms with van der Waals surface area (Å²) in [5.41, 5.74) is 11.4. The molecule has 2 rings (SSSR count). The van der Waals surface area contributed by atoms with Gasteiger partial charge in [-0.3, -0.25) is 33.6 Å². The molecule has 0 saturated carbocycles. The third-order valence-electron chi connectivity index (χ3n) is 8.04. The van der Waals surface area contributed by atoms with Gasteiger partial charge in [0.1, 0.15) is 24.2 Å². The fourth-order valence-corrected chi connectivity index (χ4v) is 5.50. The van der Waals surface area contributed by atoms with Gasteiger partial charge in [0.05, 0.1) is 25.5 Å². The second kappa shape index (κ2) is 20.6. The number of carboxylic acids is 1. The Morgan fingerprint density at radius 3 is 2.16 bits per heavy atom. The zero-order valence-corrected chi connectivity index (χ0v) is 29.5. The first-order chi connectivity index (χ1) is 24.0. The van der Waals surface area contributed by atoms with Gasteiger partial charge in [0, 0.05) is 31.3 Å². The molecule has 2 heterocycles. The summed E-state index contributed by atoms with van der Waals surface area (Å²) in [4.78, 5) is 109. The number of rotatable bonds is 21. The normalized spacial score (nSPS) is 16.5. The van der Waals surface area contributed by atoms with Crippen LogP contribution in [-0.4, -0.2) is 117 Å². The molecule has 5 atom stereocenters. The molecule has 1 fully saturated rings. The fourth-order valence-electron chi connectivity index (χ4n) is 5.50. The molecule has 51 heavy (non-hydrogen) atoms. The number of likely N-dealkylation sites (tertiary alicyclic amines) is 1. The standard InChI is InChI=1S/C32H52N10O9/c1-17(2)10-20(33)28(46)37-15-27(45)42-9-5-6-24(42)31(49)41-22(11-18(3)4)29(47)36-14-26(44)39-23(12-19-13-35-16-38-19)30(48)40-21(32(50)51)7-8-25(34)43/h13,16-18,20-24H,5-12,14-15,33H2,1-4H3,(H2,34,43)(H,35,38)(H,36,47)(H,37,46)(H,39,44)(H,40,48)(H,41,49)(H,50,51)/t20-,21-,22-,23-,24-/m0/s1. The van der Waals surface area contributed by atoms with Crippen LogP contribution in [0.2, 0.25) is 0 Å². The van der Waals surface area contributed by atoms with Crippen LogP contribution in [0.5, 0.6) is 0 Å². The van der Waals surface area contributed by atoms with Crippen LogP contribution in [0.3, 0.4) is 0 Å². The predicted molar refractivity (Wildman–Crippen MR) is 182 cm³/mol. The summed E-state index contributed by atoms with van der Waals surface area (Å²) >= 11 is 0. The second-order valence-electron chi connectivity index (χ2n) is 13.4. The van der Waals surface area contributed by atoms with Gasteiger partial charge in [-0.15, -0.1) is 0 Å². The maximum Gasteiger partial charge on any atom is 0.326 e. The molecule has 1 aliphatic heterocycles. The lowest BCUT2D eigenvalue weighted by Crippen LogP contribution is -2.56. The van der Waals surface area contributed by atoms with Crippen molar-refractivity contribution in [2.24, 2.45) is 23.3 Å². The van der Waals surface area contributed by atoms with Crippen molar-refractivity contribution in [1.29, 1.82) is 0 Å². The lowest BCUT2D eigenvalue weighted by Gasteiger charge is -2.27. The smallest absolute Gasteiger partial charge is 0.326 e. The molecular formula is C32H52N10O9. The van der Waals surface area contributed by atoms with Gasteiger partial charge >= 0.3 is 5.97 Å². The number of carbonyl (C=O) groups excluding carboxylic acids is 7. The van der Waals surface area contributed by atoms with Crippen molar-refractivity contribution in [2.45, 2.75) is 103 Å². The van der Waals surface area contributed by atoms with Crippen molar-refractivity contribution in [3.8, 4) is 0 Å². The van der Waals surface area contributed by atoms with Crippen molar-refractivity contribution in [3.63, 3.8) is 0 Å². The summed E-state index contributed by atoms with van der Waals surface area (Å²) in [5.74, 6) is -5.84. The maximum absolute atomic E-state index is 13.4. The van der Waals surface area contributed by atoms with Gasteiger partial charge in [0.25, 0.3) is 0 Å². The monoisotopic (exact) mass is 720 g/mol. The molecule has 1 saturated heterocycles. The Morgan fingerprint density at radius 2 is 1.57 bits per heavy atom. The van der Waals surface area contributed by atoms with Crippen molar-refractivity contribution in [3.05, 3.63) is 18.2 Å². The van der Waals surface area contributed by atoms with E-state index >= 15 is 0 Å². The molecule has 0 spiro atoms. The number of imidazole rings is 1. The average molecular weight is 721 g/mol. The number of hydrogen-bond acceptors (Lipinski definition) is 10. The lowest BCUT2D eigenvalue weighted by molar-refractivity contribution is -0.142. The number of aliphatic carboxylic acids is 1. The Labute approximate surface area is 296 Å². The summed E-state index contributed by atoms with van der Waals surface area (Å²) in [5, 5.41) is 21.9. The second-order valence-corrected chi connectivity index (χ2v) is 13.4. The van der Waals surface area contributed by atoms with Crippen LogP contribution >= 0.6 is 0 Å². The van der Waals surface area contributed by atoms with Crippen LogP contribution in [0.1, 0.15) is 71.9 Å². The van der Waals surface area contributed by atoms with Gasteiger partial charge < -0.3 is 53.0 Å². The van der Waals surface area contributed by atoms with Crippen molar-refractivity contribution < 1.29 is 43.5 Å².